The number of carbonyl (C=O) groups is 2. The first-order chi connectivity index (χ1) is 14.1. The zero-order valence-corrected chi connectivity index (χ0v) is 18.5. The normalized spacial score (nSPS) is 15.7. The number of nitrogens with zero attached hydrogens (tertiary/aromatic N) is 1. The second kappa shape index (κ2) is 8.57. The van der Waals surface area contributed by atoms with Crippen molar-refractivity contribution in [2.75, 3.05) is 16.8 Å². The fraction of sp³-hybridized carbons (Fsp3) is 0.364. The van der Waals surface area contributed by atoms with Gasteiger partial charge >= 0.3 is 0 Å². The summed E-state index contributed by atoms with van der Waals surface area (Å²) in [7, 11) is -3.75. The van der Waals surface area contributed by atoms with E-state index < -0.39 is 10.0 Å². The number of fused-ring (bicyclic) bond motifs is 1. The number of carbonyl (C=O) groups excluding carboxylic acids is 2. The molecule has 1 atom stereocenters. The van der Waals surface area contributed by atoms with Crippen LogP contribution in [0, 0.1) is 13.8 Å². The molecular formula is C22H27N3O4S. The lowest BCUT2D eigenvalue weighted by Crippen LogP contribution is -2.33. The summed E-state index contributed by atoms with van der Waals surface area (Å²) in [5, 5.41) is 2.78. The van der Waals surface area contributed by atoms with E-state index in [4.69, 9.17) is 0 Å². The molecule has 0 aliphatic carbocycles. The lowest BCUT2D eigenvalue weighted by molar-refractivity contribution is -0.117. The van der Waals surface area contributed by atoms with Gasteiger partial charge in [0.25, 0.3) is 0 Å². The zero-order valence-electron chi connectivity index (χ0n) is 17.7. The van der Waals surface area contributed by atoms with Gasteiger partial charge in [0.2, 0.25) is 21.8 Å². The number of anilines is 2. The minimum Gasteiger partial charge on any atom is -0.326 e. The molecule has 0 saturated carbocycles. The van der Waals surface area contributed by atoms with Crippen molar-refractivity contribution in [1.82, 2.24) is 4.72 Å². The molecule has 0 radical (unpaired) electrons. The number of hydrogen-bond donors (Lipinski definition) is 2. The van der Waals surface area contributed by atoms with Crippen LogP contribution in [-0.2, 0) is 26.0 Å². The average Bonchev–Trinajstić information content (AvgIpc) is 2.99. The Bertz CT molecular complexity index is 1100. The molecule has 3 rings (SSSR count). The van der Waals surface area contributed by atoms with Crippen LogP contribution < -0.4 is 14.9 Å². The molecule has 1 heterocycles. The molecule has 1 aliphatic rings. The number of amides is 2. The fourth-order valence-electron chi connectivity index (χ4n) is 3.68. The van der Waals surface area contributed by atoms with Gasteiger partial charge in [-0.05, 0) is 74.2 Å². The standard InChI is InChI=1S/C22H27N3O4S/c1-14-5-6-19(11-15(14)2)24-22(27)9-10-23-30(28,29)20-7-8-21-18(13-20)12-16(3)25(21)17(4)26/h5-8,11,13,16,23H,9-10,12H2,1-4H3,(H,24,27). The molecule has 0 bridgehead atoms. The molecule has 2 N–H and O–H groups in total. The highest BCUT2D eigenvalue weighted by molar-refractivity contribution is 7.89. The van der Waals surface area contributed by atoms with Crippen LogP contribution in [0.15, 0.2) is 41.3 Å². The van der Waals surface area contributed by atoms with E-state index >= 15 is 0 Å². The SMILES string of the molecule is CC(=O)N1c2ccc(S(=O)(=O)NCCC(=O)Nc3ccc(C)c(C)c3)cc2CC1C. The van der Waals surface area contributed by atoms with E-state index in [0.29, 0.717) is 12.1 Å². The summed E-state index contributed by atoms with van der Waals surface area (Å²) in [6, 6.07) is 10.4. The van der Waals surface area contributed by atoms with Gasteiger partial charge in [0, 0.05) is 37.3 Å². The van der Waals surface area contributed by atoms with E-state index in [0.717, 1.165) is 22.4 Å². The van der Waals surface area contributed by atoms with Crippen LogP contribution >= 0.6 is 0 Å². The van der Waals surface area contributed by atoms with E-state index in [-0.39, 0.29) is 35.7 Å². The number of hydrogen-bond acceptors (Lipinski definition) is 4. The first-order valence-electron chi connectivity index (χ1n) is 9.88. The highest BCUT2D eigenvalue weighted by atomic mass is 32.2. The van der Waals surface area contributed by atoms with Crippen molar-refractivity contribution in [1.29, 1.82) is 0 Å². The predicted molar refractivity (Wildman–Crippen MR) is 117 cm³/mol. The maximum atomic E-state index is 12.6. The van der Waals surface area contributed by atoms with Crippen LogP contribution in [-0.4, -0.2) is 32.8 Å². The third-order valence-electron chi connectivity index (χ3n) is 5.35. The monoisotopic (exact) mass is 429 g/mol. The molecular weight excluding hydrogens is 402 g/mol. The molecule has 0 spiro atoms. The molecule has 2 aromatic carbocycles. The summed E-state index contributed by atoms with van der Waals surface area (Å²) >= 11 is 0. The number of sulfonamides is 1. The van der Waals surface area contributed by atoms with Crippen LogP contribution in [0.1, 0.15) is 37.0 Å². The van der Waals surface area contributed by atoms with Crippen molar-refractivity contribution < 1.29 is 18.0 Å². The molecule has 1 unspecified atom stereocenters. The molecule has 8 heteroatoms. The van der Waals surface area contributed by atoms with E-state index in [1.807, 2.05) is 39.0 Å². The van der Waals surface area contributed by atoms with E-state index in [2.05, 4.69) is 10.0 Å². The summed E-state index contributed by atoms with van der Waals surface area (Å²) < 4.78 is 27.7. The smallest absolute Gasteiger partial charge is 0.240 e. The van der Waals surface area contributed by atoms with Gasteiger partial charge in [0.05, 0.1) is 4.90 Å². The third kappa shape index (κ3) is 4.71. The maximum absolute atomic E-state index is 12.6. The lowest BCUT2D eigenvalue weighted by Gasteiger charge is -2.20. The molecule has 2 amide bonds. The summed E-state index contributed by atoms with van der Waals surface area (Å²) in [6.07, 6.45) is 0.628. The van der Waals surface area contributed by atoms with E-state index in [1.165, 1.54) is 13.0 Å². The van der Waals surface area contributed by atoms with Gasteiger partial charge in [-0.2, -0.15) is 0 Å². The van der Waals surface area contributed by atoms with Crippen molar-refractivity contribution in [3.8, 4) is 0 Å². The van der Waals surface area contributed by atoms with Crippen LogP contribution in [0.25, 0.3) is 0 Å². The molecule has 1 aliphatic heterocycles. The van der Waals surface area contributed by atoms with Crippen LogP contribution in [0.2, 0.25) is 0 Å². The molecule has 7 nitrogen and oxygen atoms in total. The van der Waals surface area contributed by atoms with E-state index in [9.17, 15) is 18.0 Å². The largest absolute Gasteiger partial charge is 0.326 e. The summed E-state index contributed by atoms with van der Waals surface area (Å²) in [5.41, 5.74) is 4.47. The predicted octanol–water partition coefficient (Wildman–Crippen LogP) is 2.91. The second-order valence-corrected chi connectivity index (χ2v) is 9.49. The van der Waals surface area contributed by atoms with Gasteiger partial charge in [-0.15, -0.1) is 0 Å². The molecule has 30 heavy (non-hydrogen) atoms. The summed E-state index contributed by atoms with van der Waals surface area (Å²) in [5.74, 6) is -0.328. The number of nitrogens with one attached hydrogen (secondary N) is 2. The third-order valence-corrected chi connectivity index (χ3v) is 6.81. The zero-order chi connectivity index (χ0) is 22.1. The Morgan fingerprint density at radius 2 is 1.83 bits per heavy atom. The number of rotatable bonds is 6. The van der Waals surface area contributed by atoms with Gasteiger partial charge in [-0.3, -0.25) is 9.59 Å². The average molecular weight is 430 g/mol. The maximum Gasteiger partial charge on any atom is 0.240 e. The topological polar surface area (TPSA) is 95.6 Å². The molecule has 160 valence electrons. The highest BCUT2D eigenvalue weighted by Crippen LogP contribution is 2.33. The molecule has 0 aromatic heterocycles. The Kier molecular flexibility index (Phi) is 6.28. The van der Waals surface area contributed by atoms with Gasteiger partial charge in [0.15, 0.2) is 0 Å². The van der Waals surface area contributed by atoms with Gasteiger partial charge in [-0.1, -0.05) is 6.07 Å². The van der Waals surface area contributed by atoms with Crippen molar-refractivity contribution in [2.45, 2.75) is 51.5 Å². The molecule has 0 saturated heterocycles. The quantitative estimate of drug-likeness (QED) is 0.738. The van der Waals surface area contributed by atoms with Crippen molar-refractivity contribution in [3.05, 3.63) is 53.1 Å². The Balaban J connectivity index is 1.60. The summed E-state index contributed by atoms with van der Waals surface area (Å²) in [6.45, 7) is 7.38. The second-order valence-electron chi connectivity index (χ2n) is 7.73. The van der Waals surface area contributed by atoms with Crippen molar-refractivity contribution >= 4 is 33.2 Å². The van der Waals surface area contributed by atoms with Gasteiger partial charge < -0.3 is 10.2 Å². The minimum atomic E-state index is -3.75. The molecule has 2 aromatic rings. The van der Waals surface area contributed by atoms with Crippen LogP contribution in [0.5, 0.6) is 0 Å². The van der Waals surface area contributed by atoms with Crippen LogP contribution in [0.3, 0.4) is 0 Å². The fourth-order valence-corrected chi connectivity index (χ4v) is 4.76. The Morgan fingerprint density at radius 3 is 2.50 bits per heavy atom. The van der Waals surface area contributed by atoms with Gasteiger partial charge in [-0.25, -0.2) is 13.1 Å². The minimum absolute atomic E-state index is 0.00230. The number of aryl methyl sites for hydroxylation is 2. The van der Waals surface area contributed by atoms with Gasteiger partial charge in [0.1, 0.15) is 0 Å². The highest BCUT2D eigenvalue weighted by Gasteiger charge is 2.30. The summed E-state index contributed by atoms with van der Waals surface area (Å²) in [4.78, 5) is 25.8. The first kappa shape index (κ1) is 22.0. The first-order valence-corrected chi connectivity index (χ1v) is 11.4. The van der Waals surface area contributed by atoms with Crippen molar-refractivity contribution in [3.63, 3.8) is 0 Å². The van der Waals surface area contributed by atoms with Crippen LogP contribution in [0.4, 0.5) is 11.4 Å². The Morgan fingerprint density at radius 1 is 1.10 bits per heavy atom. The van der Waals surface area contributed by atoms with E-state index in [1.54, 1.807) is 17.0 Å². The lowest BCUT2D eigenvalue weighted by atomic mass is 10.1. The Labute approximate surface area is 177 Å². The van der Waals surface area contributed by atoms with Crippen molar-refractivity contribution in [2.24, 2.45) is 0 Å². The number of benzene rings is 2. The molecule has 0 fully saturated rings. The Hall–Kier alpha value is -2.71.